The maximum atomic E-state index is 3.98. The first-order valence-electron chi connectivity index (χ1n) is 2.28. The molecule has 1 rings (SSSR count). The number of hydrogen-bond donors (Lipinski definition) is 1. The zero-order valence-corrected chi connectivity index (χ0v) is 5.46. The van der Waals surface area contributed by atoms with E-state index in [2.05, 4.69) is 17.3 Å². The first kappa shape index (κ1) is 5.56. The molecule has 1 aromatic heterocycles. The molecule has 0 aromatic carbocycles. The van der Waals surface area contributed by atoms with E-state index < -0.39 is 0 Å². The molecule has 0 saturated heterocycles. The quantitative estimate of drug-likeness (QED) is 0.620. The Bertz CT molecular complexity index is 171. The second-order valence-electron chi connectivity index (χ2n) is 1.45. The minimum Gasteiger partial charge on any atom is -0.360 e. The first-order valence-corrected chi connectivity index (χ1v) is 3.10. The highest BCUT2D eigenvalue weighted by molar-refractivity contribution is 7.15. The lowest BCUT2D eigenvalue weighted by Gasteiger charge is -1.84. The smallest absolute Gasteiger partial charge is 0.182 e. The molecule has 0 unspecified atom stereocenters. The van der Waals surface area contributed by atoms with Crippen LogP contribution in [0.2, 0.25) is 0 Å². The monoisotopic (exact) mass is 127 g/mol. The number of nitrogens with zero attached hydrogens (tertiary/aromatic N) is 1. The summed E-state index contributed by atoms with van der Waals surface area (Å²) < 4.78 is 0. The van der Waals surface area contributed by atoms with Crippen molar-refractivity contribution in [3.8, 4) is 0 Å². The van der Waals surface area contributed by atoms with Crippen LogP contribution in [0.5, 0.6) is 0 Å². The van der Waals surface area contributed by atoms with Crippen LogP contribution in [0.15, 0.2) is 6.20 Å². The number of aromatic nitrogens is 1. The number of hydrogen-bond acceptors (Lipinski definition) is 3. The van der Waals surface area contributed by atoms with Crippen molar-refractivity contribution in [3.63, 3.8) is 0 Å². The van der Waals surface area contributed by atoms with Gasteiger partial charge in [0.25, 0.3) is 0 Å². The highest BCUT2D eigenvalue weighted by Crippen LogP contribution is 2.15. The molecule has 0 spiro atoms. The average Bonchev–Trinajstić information content (AvgIpc) is 2.14. The molecule has 0 atom stereocenters. The third kappa shape index (κ3) is 0.980. The van der Waals surface area contributed by atoms with Crippen LogP contribution in [0.3, 0.4) is 0 Å². The predicted octanol–water partition coefficient (Wildman–Crippen LogP) is 1.66. The lowest BCUT2D eigenvalue weighted by Crippen LogP contribution is -1.78. The van der Waals surface area contributed by atoms with Crippen molar-refractivity contribution in [2.45, 2.75) is 6.92 Å². The van der Waals surface area contributed by atoms with Gasteiger partial charge in [0.1, 0.15) is 0 Å². The number of rotatable bonds is 1. The summed E-state index contributed by atoms with van der Waals surface area (Å²) in [6.07, 6.45) is 1.82. The van der Waals surface area contributed by atoms with Crippen molar-refractivity contribution < 1.29 is 0 Å². The highest BCUT2D eigenvalue weighted by Gasteiger charge is 1.90. The Labute approximate surface area is 52.6 Å². The lowest BCUT2D eigenvalue weighted by atomic mass is 10.7. The van der Waals surface area contributed by atoms with E-state index in [9.17, 15) is 0 Å². The number of anilines is 1. The Morgan fingerprint density at radius 2 is 2.62 bits per heavy atom. The molecule has 0 bridgehead atoms. The third-order valence-electron chi connectivity index (χ3n) is 0.772. The average molecular weight is 127 g/mol. The Kier molecular flexibility index (Phi) is 1.48. The first-order chi connectivity index (χ1) is 3.83. The molecule has 0 fully saturated rings. The summed E-state index contributed by atoms with van der Waals surface area (Å²) in [6, 6.07) is 0. The Hall–Kier alpha value is -0.570. The molecule has 1 aromatic rings. The standard InChI is InChI=1S/C5H7N2S/c1-4-3-7-5(6-2)8-4/h3H,2H2,1H3,(H,6,7). The predicted molar refractivity (Wildman–Crippen MR) is 35.8 cm³/mol. The van der Waals surface area contributed by atoms with Crippen molar-refractivity contribution in [2.75, 3.05) is 5.32 Å². The van der Waals surface area contributed by atoms with Crippen LogP contribution in [0.4, 0.5) is 5.13 Å². The zero-order chi connectivity index (χ0) is 5.98. The summed E-state index contributed by atoms with van der Waals surface area (Å²) in [5.41, 5.74) is 0. The van der Waals surface area contributed by atoms with Crippen molar-refractivity contribution in [1.82, 2.24) is 4.98 Å². The van der Waals surface area contributed by atoms with Crippen molar-refractivity contribution in [1.29, 1.82) is 0 Å². The molecule has 0 aliphatic heterocycles. The Morgan fingerprint density at radius 3 is 2.88 bits per heavy atom. The normalized spacial score (nSPS) is 9.25. The van der Waals surface area contributed by atoms with Crippen molar-refractivity contribution in [2.24, 2.45) is 0 Å². The molecule has 3 heteroatoms. The molecule has 43 valence electrons. The van der Waals surface area contributed by atoms with Gasteiger partial charge in [-0.05, 0) is 6.92 Å². The summed E-state index contributed by atoms with van der Waals surface area (Å²) in [7, 11) is 3.47. The SMILES string of the molecule is [CH2]Nc1ncc(C)s1. The van der Waals surface area contributed by atoms with Crippen LogP contribution in [0.25, 0.3) is 0 Å². The van der Waals surface area contributed by atoms with E-state index in [0.717, 1.165) is 5.13 Å². The van der Waals surface area contributed by atoms with Gasteiger partial charge in [0, 0.05) is 18.1 Å². The number of nitrogens with one attached hydrogen (secondary N) is 1. The summed E-state index contributed by atoms with van der Waals surface area (Å²) in [4.78, 5) is 5.18. The molecule has 0 aliphatic carbocycles. The number of aryl methyl sites for hydroxylation is 1. The fourth-order valence-electron chi connectivity index (χ4n) is 0.436. The van der Waals surface area contributed by atoms with Crippen LogP contribution in [0.1, 0.15) is 4.88 Å². The van der Waals surface area contributed by atoms with E-state index in [1.807, 2.05) is 13.1 Å². The summed E-state index contributed by atoms with van der Waals surface area (Å²) in [6.45, 7) is 2.01. The van der Waals surface area contributed by atoms with Crippen LogP contribution >= 0.6 is 11.3 Å². The van der Waals surface area contributed by atoms with Gasteiger partial charge in [-0.2, -0.15) is 0 Å². The molecular formula is C5H7N2S. The van der Waals surface area contributed by atoms with E-state index in [1.165, 1.54) is 4.88 Å². The Morgan fingerprint density at radius 1 is 1.88 bits per heavy atom. The van der Waals surface area contributed by atoms with Gasteiger partial charge >= 0.3 is 0 Å². The van der Waals surface area contributed by atoms with Gasteiger partial charge in [-0.25, -0.2) is 4.98 Å². The van der Waals surface area contributed by atoms with Gasteiger partial charge in [0.2, 0.25) is 0 Å². The second-order valence-corrected chi connectivity index (χ2v) is 2.69. The van der Waals surface area contributed by atoms with Crippen LogP contribution in [0, 0.1) is 14.0 Å². The molecule has 1 N–H and O–H groups in total. The third-order valence-corrected chi connectivity index (χ3v) is 1.64. The summed E-state index contributed by atoms with van der Waals surface area (Å²) in [5, 5.41) is 3.58. The van der Waals surface area contributed by atoms with Crippen molar-refractivity contribution in [3.05, 3.63) is 18.1 Å². The van der Waals surface area contributed by atoms with E-state index in [-0.39, 0.29) is 0 Å². The molecule has 0 saturated carbocycles. The molecular weight excluding hydrogens is 120 g/mol. The minimum absolute atomic E-state index is 0.877. The van der Waals surface area contributed by atoms with Crippen molar-refractivity contribution >= 4 is 16.5 Å². The Balaban J connectivity index is 2.84. The van der Waals surface area contributed by atoms with E-state index >= 15 is 0 Å². The molecule has 0 amide bonds. The lowest BCUT2D eigenvalue weighted by molar-refractivity contribution is 1.37. The number of thiazole rings is 1. The topological polar surface area (TPSA) is 24.9 Å². The highest BCUT2D eigenvalue weighted by atomic mass is 32.1. The maximum absolute atomic E-state index is 3.98. The van der Waals surface area contributed by atoms with Gasteiger partial charge in [-0.3, -0.25) is 0 Å². The minimum atomic E-state index is 0.877. The van der Waals surface area contributed by atoms with E-state index in [1.54, 1.807) is 11.3 Å². The van der Waals surface area contributed by atoms with E-state index in [0.29, 0.717) is 0 Å². The molecule has 2 nitrogen and oxygen atoms in total. The molecule has 0 aliphatic rings. The van der Waals surface area contributed by atoms with Gasteiger partial charge < -0.3 is 5.32 Å². The van der Waals surface area contributed by atoms with Gasteiger partial charge in [-0.15, -0.1) is 11.3 Å². The summed E-state index contributed by atoms with van der Waals surface area (Å²) >= 11 is 1.60. The van der Waals surface area contributed by atoms with Crippen LogP contribution in [-0.4, -0.2) is 4.98 Å². The fraction of sp³-hybridized carbons (Fsp3) is 0.200. The zero-order valence-electron chi connectivity index (χ0n) is 4.64. The van der Waals surface area contributed by atoms with Gasteiger partial charge in [0.15, 0.2) is 5.13 Å². The molecule has 1 heterocycles. The van der Waals surface area contributed by atoms with E-state index in [4.69, 9.17) is 0 Å². The summed E-state index contributed by atoms with van der Waals surface area (Å²) in [5.74, 6) is 0. The largest absolute Gasteiger partial charge is 0.360 e. The fourth-order valence-corrected chi connectivity index (χ4v) is 1.02. The van der Waals surface area contributed by atoms with Crippen LogP contribution in [-0.2, 0) is 0 Å². The van der Waals surface area contributed by atoms with Gasteiger partial charge in [-0.1, -0.05) is 0 Å². The molecule has 1 radical (unpaired) electrons. The second kappa shape index (κ2) is 2.13. The maximum Gasteiger partial charge on any atom is 0.182 e. The van der Waals surface area contributed by atoms with Gasteiger partial charge in [0.05, 0.1) is 0 Å². The molecule has 8 heavy (non-hydrogen) atoms. The van der Waals surface area contributed by atoms with Crippen LogP contribution < -0.4 is 5.32 Å².